The molecule has 0 aromatic heterocycles. The van der Waals surface area contributed by atoms with E-state index in [1.807, 2.05) is 0 Å². The second kappa shape index (κ2) is 6.24. The van der Waals surface area contributed by atoms with E-state index in [-0.39, 0.29) is 6.03 Å². The van der Waals surface area contributed by atoms with Crippen LogP contribution in [0.2, 0.25) is 0 Å². The summed E-state index contributed by atoms with van der Waals surface area (Å²) >= 11 is 0. The van der Waals surface area contributed by atoms with Crippen LogP contribution in [0.3, 0.4) is 0 Å². The first-order chi connectivity index (χ1) is 8.24. The molecule has 0 aromatic carbocycles. The molecule has 0 spiro atoms. The monoisotopic (exact) mass is 240 g/mol. The number of rotatable bonds is 2. The van der Waals surface area contributed by atoms with Crippen molar-refractivity contribution in [1.82, 2.24) is 10.6 Å². The van der Waals surface area contributed by atoms with Crippen LogP contribution in [0.25, 0.3) is 0 Å². The van der Waals surface area contributed by atoms with E-state index in [4.69, 9.17) is 0 Å². The minimum absolute atomic E-state index is 0.0569. The predicted octanol–water partition coefficient (Wildman–Crippen LogP) is 0.295. The van der Waals surface area contributed by atoms with E-state index in [0.717, 1.165) is 25.7 Å². The number of hydrogen-bond acceptors (Lipinski definition) is 1. The van der Waals surface area contributed by atoms with E-state index in [2.05, 4.69) is 17.7 Å². The largest absolute Gasteiger partial charge is 0.337 e. The molecule has 0 radical (unpaired) electrons. The van der Waals surface area contributed by atoms with Crippen LogP contribution in [0.15, 0.2) is 0 Å². The van der Waals surface area contributed by atoms with E-state index >= 15 is 0 Å². The molecule has 1 saturated heterocycles. The molecule has 0 atom stereocenters. The molecule has 1 aliphatic carbocycles. The average Bonchev–Trinajstić information content (AvgIpc) is 2.33. The standard InChI is InChI=1S/C13H25N3O/c1-16-9-7-12(8-10-16)15-13(17)14-11-5-3-2-4-6-11/h11-12H,2-10H2,1H3,(H2,14,15,17)/p+1. The van der Waals surface area contributed by atoms with Gasteiger partial charge in [-0.05, 0) is 12.8 Å². The molecule has 1 saturated carbocycles. The SMILES string of the molecule is C[NH+]1CCC(NC(=O)NC2CCCCC2)CC1. The van der Waals surface area contributed by atoms with Crippen LogP contribution in [0, 0.1) is 0 Å². The second-order valence-corrected chi connectivity index (χ2v) is 5.68. The van der Waals surface area contributed by atoms with Gasteiger partial charge in [0.2, 0.25) is 0 Å². The highest BCUT2D eigenvalue weighted by molar-refractivity contribution is 5.74. The van der Waals surface area contributed by atoms with Gasteiger partial charge in [0.1, 0.15) is 0 Å². The van der Waals surface area contributed by atoms with Gasteiger partial charge in [0.25, 0.3) is 0 Å². The Bertz CT molecular complexity index is 243. The number of hydrogen-bond donors (Lipinski definition) is 3. The average molecular weight is 240 g/mol. The third-order valence-electron chi connectivity index (χ3n) is 4.11. The topological polar surface area (TPSA) is 45.6 Å². The fourth-order valence-corrected chi connectivity index (χ4v) is 2.91. The lowest BCUT2D eigenvalue weighted by Crippen LogP contribution is -3.10. The third-order valence-corrected chi connectivity index (χ3v) is 4.11. The van der Waals surface area contributed by atoms with Crippen LogP contribution in [0.5, 0.6) is 0 Å². The van der Waals surface area contributed by atoms with Gasteiger partial charge in [0, 0.05) is 24.9 Å². The summed E-state index contributed by atoms with van der Waals surface area (Å²) in [6.07, 6.45) is 8.41. The van der Waals surface area contributed by atoms with Crippen molar-refractivity contribution in [2.75, 3.05) is 20.1 Å². The van der Waals surface area contributed by atoms with Gasteiger partial charge in [-0.2, -0.15) is 0 Å². The lowest BCUT2D eigenvalue weighted by molar-refractivity contribution is -0.884. The van der Waals surface area contributed by atoms with Crippen LogP contribution in [-0.2, 0) is 0 Å². The molecule has 0 unspecified atom stereocenters. The Morgan fingerprint density at radius 1 is 0.941 bits per heavy atom. The predicted molar refractivity (Wildman–Crippen MR) is 68.2 cm³/mol. The van der Waals surface area contributed by atoms with Gasteiger partial charge < -0.3 is 15.5 Å². The van der Waals surface area contributed by atoms with Gasteiger partial charge in [-0.25, -0.2) is 4.79 Å². The number of carbonyl (C=O) groups is 1. The molecular weight excluding hydrogens is 214 g/mol. The summed E-state index contributed by atoms with van der Waals surface area (Å²) in [5, 5.41) is 6.24. The minimum Gasteiger partial charge on any atom is -0.337 e. The second-order valence-electron chi connectivity index (χ2n) is 5.68. The zero-order chi connectivity index (χ0) is 12.1. The van der Waals surface area contributed by atoms with Crippen molar-refractivity contribution in [2.24, 2.45) is 0 Å². The summed E-state index contributed by atoms with van der Waals surface area (Å²) < 4.78 is 0. The number of carbonyl (C=O) groups excluding carboxylic acids is 1. The summed E-state index contributed by atoms with van der Waals surface area (Å²) in [4.78, 5) is 13.4. The van der Waals surface area contributed by atoms with E-state index < -0.39 is 0 Å². The fraction of sp³-hybridized carbons (Fsp3) is 0.923. The van der Waals surface area contributed by atoms with Crippen molar-refractivity contribution in [2.45, 2.75) is 57.0 Å². The van der Waals surface area contributed by atoms with Crippen molar-refractivity contribution in [1.29, 1.82) is 0 Å². The van der Waals surface area contributed by atoms with Crippen LogP contribution in [0.4, 0.5) is 4.79 Å². The smallest absolute Gasteiger partial charge is 0.315 e. The molecule has 0 bridgehead atoms. The Hall–Kier alpha value is -0.770. The van der Waals surface area contributed by atoms with Crippen LogP contribution in [-0.4, -0.2) is 38.3 Å². The Morgan fingerprint density at radius 2 is 1.47 bits per heavy atom. The number of likely N-dealkylation sites (tertiary alicyclic amines) is 1. The molecule has 2 fully saturated rings. The highest BCUT2D eigenvalue weighted by Gasteiger charge is 2.22. The van der Waals surface area contributed by atoms with Crippen molar-refractivity contribution in [3.8, 4) is 0 Å². The number of quaternary nitrogens is 1. The lowest BCUT2D eigenvalue weighted by Gasteiger charge is -2.28. The highest BCUT2D eigenvalue weighted by Crippen LogP contribution is 2.17. The summed E-state index contributed by atoms with van der Waals surface area (Å²) in [5.41, 5.74) is 0. The van der Waals surface area contributed by atoms with Gasteiger partial charge >= 0.3 is 6.03 Å². The molecule has 2 amide bonds. The van der Waals surface area contributed by atoms with Crippen molar-refractivity contribution in [3.05, 3.63) is 0 Å². The van der Waals surface area contributed by atoms with E-state index in [9.17, 15) is 4.79 Å². The molecule has 0 aromatic rings. The first-order valence-corrected chi connectivity index (χ1v) is 7.12. The normalized spacial score (nSPS) is 30.9. The Morgan fingerprint density at radius 3 is 2.06 bits per heavy atom. The quantitative estimate of drug-likeness (QED) is 0.638. The minimum atomic E-state index is 0.0569. The first kappa shape index (κ1) is 12.7. The van der Waals surface area contributed by atoms with Crippen LogP contribution >= 0.6 is 0 Å². The lowest BCUT2D eigenvalue weighted by atomic mass is 9.96. The maximum atomic E-state index is 11.8. The number of urea groups is 1. The van der Waals surface area contributed by atoms with Crippen molar-refractivity contribution in [3.63, 3.8) is 0 Å². The molecular formula is C13H26N3O+. The van der Waals surface area contributed by atoms with Gasteiger partial charge in [0.05, 0.1) is 20.1 Å². The van der Waals surface area contributed by atoms with Crippen molar-refractivity contribution >= 4 is 6.03 Å². The molecule has 1 aliphatic heterocycles. The Balaban J connectivity index is 1.66. The van der Waals surface area contributed by atoms with Crippen LogP contribution in [0.1, 0.15) is 44.9 Å². The van der Waals surface area contributed by atoms with Gasteiger partial charge in [-0.1, -0.05) is 19.3 Å². The molecule has 2 rings (SSSR count). The molecule has 98 valence electrons. The maximum Gasteiger partial charge on any atom is 0.315 e. The van der Waals surface area contributed by atoms with Gasteiger partial charge in [0.15, 0.2) is 0 Å². The molecule has 4 heteroatoms. The van der Waals surface area contributed by atoms with Gasteiger partial charge in [-0.3, -0.25) is 0 Å². The number of piperidine rings is 1. The molecule has 2 aliphatic rings. The first-order valence-electron chi connectivity index (χ1n) is 7.12. The molecule has 3 N–H and O–H groups in total. The summed E-state index contributed by atoms with van der Waals surface area (Å²) in [6.45, 7) is 2.35. The molecule has 4 nitrogen and oxygen atoms in total. The Labute approximate surface area is 104 Å². The zero-order valence-electron chi connectivity index (χ0n) is 10.9. The summed E-state index contributed by atoms with van der Waals surface area (Å²) in [6, 6.07) is 0.865. The fourth-order valence-electron chi connectivity index (χ4n) is 2.91. The van der Waals surface area contributed by atoms with Crippen LogP contribution < -0.4 is 15.5 Å². The van der Waals surface area contributed by atoms with E-state index in [1.165, 1.54) is 32.4 Å². The summed E-state index contributed by atoms with van der Waals surface area (Å²) in [7, 11) is 2.22. The van der Waals surface area contributed by atoms with Gasteiger partial charge in [-0.15, -0.1) is 0 Å². The van der Waals surface area contributed by atoms with E-state index in [0.29, 0.717) is 12.1 Å². The molecule has 17 heavy (non-hydrogen) atoms. The molecule has 1 heterocycles. The number of nitrogens with one attached hydrogen (secondary N) is 3. The van der Waals surface area contributed by atoms with Crippen molar-refractivity contribution < 1.29 is 9.69 Å². The van der Waals surface area contributed by atoms with E-state index in [1.54, 1.807) is 4.90 Å². The maximum absolute atomic E-state index is 11.8. The summed E-state index contributed by atoms with van der Waals surface area (Å²) in [5.74, 6) is 0. The number of amides is 2. The third kappa shape index (κ3) is 4.19. The highest BCUT2D eigenvalue weighted by atomic mass is 16.2. The Kier molecular flexibility index (Phi) is 4.66. The zero-order valence-corrected chi connectivity index (χ0v) is 10.9.